The second-order valence-electron chi connectivity index (χ2n) is 10.3. The van der Waals surface area contributed by atoms with Crippen molar-refractivity contribution in [2.24, 2.45) is 11.8 Å². The highest BCUT2D eigenvalue weighted by Crippen LogP contribution is 2.71. The van der Waals surface area contributed by atoms with Gasteiger partial charge in [0.25, 0.3) is 0 Å². The summed E-state index contributed by atoms with van der Waals surface area (Å²) in [6.07, 6.45) is 1.96. The molecule has 3 N–H and O–H groups in total. The van der Waals surface area contributed by atoms with Crippen molar-refractivity contribution in [1.29, 1.82) is 0 Å². The number of anilines is 1. The molecule has 0 radical (unpaired) electrons. The van der Waals surface area contributed by atoms with Gasteiger partial charge in [-0.15, -0.1) is 11.8 Å². The zero-order valence-corrected chi connectivity index (χ0v) is 21.5. The van der Waals surface area contributed by atoms with Crippen LogP contribution in [-0.4, -0.2) is 55.9 Å². The molecule has 5 rings (SSSR count). The third-order valence-corrected chi connectivity index (χ3v) is 10.2. The molecule has 3 aliphatic rings. The Hall–Kier alpha value is -2.84. The van der Waals surface area contributed by atoms with Crippen molar-refractivity contribution in [2.75, 3.05) is 11.9 Å². The number of carbonyl (C=O) groups is 3. The van der Waals surface area contributed by atoms with Crippen molar-refractivity contribution in [2.45, 2.75) is 61.2 Å². The van der Waals surface area contributed by atoms with E-state index in [9.17, 15) is 19.5 Å². The van der Waals surface area contributed by atoms with E-state index in [0.717, 1.165) is 12.0 Å². The average Bonchev–Trinajstić information content (AvgIpc) is 3.46. The molecule has 2 bridgehead atoms. The van der Waals surface area contributed by atoms with Crippen LogP contribution in [0.15, 0.2) is 60.7 Å². The number of thioether (sulfide) groups is 1. The van der Waals surface area contributed by atoms with E-state index < -0.39 is 33.4 Å². The molecule has 36 heavy (non-hydrogen) atoms. The lowest BCUT2D eigenvalue weighted by Gasteiger charge is -2.36. The smallest absolute Gasteiger partial charge is 0.244 e. The Balaban J connectivity index is 1.49. The molecule has 3 heterocycles. The zero-order valence-electron chi connectivity index (χ0n) is 20.6. The highest BCUT2D eigenvalue weighted by molar-refractivity contribution is 8.02. The van der Waals surface area contributed by atoms with Gasteiger partial charge >= 0.3 is 0 Å². The minimum Gasteiger partial charge on any atom is -0.394 e. The van der Waals surface area contributed by atoms with E-state index in [1.165, 1.54) is 0 Å². The predicted octanol–water partition coefficient (Wildman–Crippen LogP) is 3.19. The lowest BCUT2D eigenvalue weighted by atomic mass is 9.66. The second-order valence-corrected chi connectivity index (χ2v) is 12.2. The van der Waals surface area contributed by atoms with Gasteiger partial charge in [-0.1, -0.05) is 55.5 Å². The van der Waals surface area contributed by atoms with Gasteiger partial charge in [0.2, 0.25) is 17.7 Å². The largest absolute Gasteiger partial charge is 0.394 e. The summed E-state index contributed by atoms with van der Waals surface area (Å²) >= 11 is 1.64. The number of fused-ring (bicyclic) bond motifs is 1. The van der Waals surface area contributed by atoms with Gasteiger partial charge in [0.15, 0.2) is 0 Å². The first kappa shape index (κ1) is 24.8. The number of amides is 3. The molecular weight excluding hydrogens is 474 g/mol. The maximum Gasteiger partial charge on any atom is 0.244 e. The van der Waals surface area contributed by atoms with Gasteiger partial charge in [-0.3, -0.25) is 14.4 Å². The van der Waals surface area contributed by atoms with Gasteiger partial charge in [0.05, 0.1) is 29.2 Å². The van der Waals surface area contributed by atoms with E-state index in [0.29, 0.717) is 25.1 Å². The van der Waals surface area contributed by atoms with E-state index in [2.05, 4.69) is 17.6 Å². The highest BCUT2D eigenvalue weighted by Gasteiger charge is 2.77. The monoisotopic (exact) mass is 507 g/mol. The van der Waals surface area contributed by atoms with Crippen molar-refractivity contribution in [3.05, 3.63) is 66.2 Å². The van der Waals surface area contributed by atoms with Crippen LogP contribution >= 0.6 is 11.8 Å². The maximum atomic E-state index is 14.1. The number of nitrogens with one attached hydrogen (secondary N) is 2. The summed E-state index contributed by atoms with van der Waals surface area (Å²) in [5.41, 5.74) is 1.66. The van der Waals surface area contributed by atoms with E-state index in [1.807, 2.05) is 67.6 Å². The molecule has 0 aromatic heterocycles. The first-order valence-corrected chi connectivity index (χ1v) is 13.5. The van der Waals surface area contributed by atoms with Crippen LogP contribution in [0.1, 0.15) is 38.7 Å². The van der Waals surface area contributed by atoms with Crippen LogP contribution in [0.4, 0.5) is 5.69 Å². The number of hydrogen-bond donors (Lipinski definition) is 3. The molecular formula is C28H33N3O4S. The summed E-state index contributed by atoms with van der Waals surface area (Å²) in [5, 5.41) is 16.2. The minimum atomic E-state index is -0.739. The number of aliphatic hydroxyl groups excluding tert-OH is 1. The lowest BCUT2D eigenvalue weighted by Crippen LogP contribution is -2.56. The number of hydrogen-bond acceptors (Lipinski definition) is 5. The number of likely N-dealkylation sites (tertiary alicyclic amines) is 1. The molecule has 2 unspecified atom stereocenters. The van der Waals surface area contributed by atoms with E-state index in [4.69, 9.17) is 0 Å². The van der Waals surface area contributed by atoms with Gasteiger partial charge in [-0.05, 0) is 43.9 Å². The van der Waals surface area contributed by atoms with Crippen molar-refractivity contribution in [3.8, 4) is 0 Å². The summed E-state index contributed by atoms with van der Waals surface area (Å²) in [6.45, 7) is 4.09. The summed E-state index contributed by atoms with van der Waals surface area (Å²) in [4.78, 5) is 43.1. The molecule has 3 fully saturated rings. The number of carbonyl (C=O) groups excluding carboxylic acids is 3. The number of para-hydroxylation sites is 1. The Bertz CT molecular complexity index is 1140. The Labute approximate surface area is 216 Å². The molecule has 6 atom stereocenters. The van der Waals surface area contributed by atoms with Crippen LogP contribution in [0.3, 0.4) is 0 Å². The number of benzene rings is 2. The summed E-state index contributed by atoms with van der Waals surface area (Å²) < 4.78 is -1.14. The van der Waals surface area contributed by atoms with Crippen LogP contribution in [0.5, 0.6) is 0 Å². The summed E-state index contributed by atoms with van der Waals surface area (Å²) in [7, 11) is 0. The van der Waals surface area contributed by atoms with Crippen LogP contribution in [-0.2, 0) is 20.9 Å². The maximum absolute atomic E-state index is 14.1. The van der Waals surface area contributed by atoms with Gasteiger partial charge in [0, 0.05) is 17.0 Å². The molecule has 3 saturated heterocycles. The van der Waals surface area contributed by atoms with Gasteiger partial charge in [-0.2, -0.15) is 0 Å². The molecule has 3 amide bonds. The van der Waals surface area contributed by atoms with Crippen molar-refractivity contribution >= 4 is 35.2 Å². The standard InChI is InChI=1S/C28H33N3O4S/c1-3-20(17-32)31-23(25(34)29-16-18-10-6-4-7-11-18)28-15-14-27(2,36-28)21(22(28)26(31)35)24(33)30-19-12-8-5-9-13-19/h4-13,20-23,32H,3,14-17H2,1-2H3,(H,29,34)(H,30,33)/t20-,21+,22-,23?,27-,28?/m0/s1. The quantitative estimate of drug-likeness (QED) is 0.510. The fourth-order valence-electron chi connectivity index (χ4n) is 6.49. The summed E-state index contributed by atoms with van der Waals surface area (Å²) in [6, 6.07) is 17.7. The van der Waals surface area contributed by atoms with Crippen LogP contribution in [0.2, 0.25) is 0 Å². The van der Waals surface area contributed by atoms with Crippen molar-refractivity contribution < 1.29 is 19.5 Å². The van der Waals surface area contributed by atoms with Crippen LogP contribution < -0.4 is 10.6 Å². The number of nitrogens with zero attached hydrogens (tertiary/aromatic N) is 1. The zero-order chi connectivity index (χ0) is 25.5. The van der Waals surface area contributed by atoms with Gasteiger partial charge < -0.3 is 20.6 Å². The predicted molar refractivity (Wildman–Crippen MR) is 140 cm³/mol. The average molecular weight is 508 g/mol. The Morgan fingerprint density at radius 2 is 1.75 bits per heavy atom. The molecule has 0 aliphatic carbocycles. The van der Waals surface area contributed by atoms with Gasteiger partial charge in [-0.25, -0.2) is 0 Å². The molecule has 0 saturated carbocycles. The topological polar surface area (TPSA) is 98.7 Å². The number of rotatable bonds is 8. The molecule has 3 aliphatic heterocycles. The highest BCUT2D eigenvalue weighted by atomic mass is 32.2. The Morgan fingerprint density at radius 1 is 1.08 bits per heavy atom. The third-order valence-electron chi connectivity index (χ3n) is 8.17. The second kappa shape index (κ2) is 9.56. The fraction of sp³-hybridized carbons (Fsp3) is 0.464. The van der Waals surface area contributed by atoms with Crippen molar-refractivity contribution in [3.63, 3.8) is 0 Å². The fourth-order valence-corrected chi connectivity index (χ4v) is 8.84. The molecule has 1 spiro atoms. The third kappa shape index (κ3) is 3.91. The lowest BCUT2D eigenvalue weighted by molar-refractivity contribution is -0.142. The summed E-state index contributed by atoms with van der Waals surface area (Å²) in [5.74, 6) is -1.77. The molecule has 2 aromatic rings. The normalized spacial score (nSPS) is 31.2. The van der Waals surface area contributed by atoms with E-state index in [1.54, 1.807) is 16.7 Å². The SMILES string of the molecule is CC[C@@H](CO)N1C(=O)[C@@H]2[C@H](C(=O)Nc3ccccc3)[C@]3(C)CCC2(S3)C1C(=O)NCc1ccccc1. The Morgan fingerprint density at radius 3 is 2.39 bits per heavy atom. The van der Waals surface area contributed by atoms with Crippen LogP contribution in [0.25, 0.3) is 0 Å². The van der Waals surface area contributed by atoms with Crippen molar-refractivity contribution in [1.82, 2.24) is 10.2 Å². The minimum absolute atomic E-state index is 0.182. The van der Waals surface area contributed by atoms with E-state index >= 15 is 0 Å². The Kier molecular flexibility index (Phi) is 6.59. The van der Waals surface area contributed by atoms with E-state index in [-0.39, 0.29) is 24.3 Å². The van der Waals surface area contributed by atoms with Gasteiger partial charge in [0.1, 0.15) is 6.04 Å². The first-order valence-electron chi connectivity index (χ1n) is 12.7. The number of aliphatic hydroxyl groups is 1. The molecule has 7 nitrogen and oxygen atoms in total. The first-order chi connectivity index (χ1) is 17.3. The molecule has 8 heteroatoms. The van der Waals surface area contributed by atoms with Crippen LogP contribution in [0, 0.1) is 11.8 Å². The molecule has 190 valence electrons. The molecule has 2 aromatic carbocycles.